The lowest BCUT2D eigenvalue weighted by atomic mass is 10.1. The first-order chi connectivity index (χ1) is 8.22. The van der Waals surface area contributed by atoms with Gasteiger partial charge in [0.15, 0.2) is 0 Å². The number of hydrogen-bond donors (Lipinski definition) is 1. The molecule has 0 bridgehead atoms. The molecule has 94 valence electrons. The first-order valence-electron chi connectivity index (χ1n) is 6.22. The molecular weight excluding hydrogens is 210 g/mol. The van der Waals surface area contributed by atoms with Gasteiger partial charge in [0, 0.05) is 12.6 Å². The van der Waals surface area contributed by atoms with Gasteiger partial charge in [0.1, 0.15) is 0 Å². The van der Waals surface area contributed by atoms with E-state index in [9.17, 15) is 0 Å². The molecular formula is C15H23NO. The van der Waals surface area contributed by atoms with Crippen LogP contribution in [0.1, 0.15) is 31.4 Å². The summed E-state index contributed by atoms with van der Waals surface area (Å²) in [6, 6.07) is 9.05. The van der Waals surface area contributed by atoms with Crippen LogP contribution in [-0.2, 0) is 17.9 Å². The fourth-order valence-corrected chi connectivity index (χ4v) is 1.51. The molecule has 0 unspecified atom stereocenters. The van der Waals surface area contributed by atoms with Crippen molar-refractivity contribution in [3.8, 4) is 0 Å². The van der Waals surface area contributed by atoms with Crippen LogP contribution in [0.15, 0.2) is 36.9 Å². The molecule has 0 atom stereocenters. The Morgan fingerprint density at radius 3 is 2.82 bits per heavy atom. The van der Waals surface area contributed by atoms with Gasteiger partial charge in [0.25, 0.3) is 0 Å². The van der Waals surface area contributed by atoms with Gasteiger partial charge in [0.2, 0.25) is 0 Å². The molecule has 1 aromatic rings. The number of hydrogen-bond acceptors (Lipinski definition) is 2. The second kappa shape index (κ2) is 8.04. The summed E-state index contributed by atoms with van der Waals surface area (Å²) in [7, 11) is 0. The maximum Gasteiger partial charge on any atom is 0.0717 e. The zero-order valence-corrected chi connectivity index (χ0v) is 10.9. The minimum absolute atomic E-state index is 0.516. The van der Waals surface area contributed by atoms with Crippen molar-refractivity contribution in [3.05, 3.63) is 48.0 Å². The van der Waals surface area contributed by atoms with Crippen molar-refractivity contribution in [2.75, 3.05) is 6.61 Å². The first-order valence-corrected chi connectivity index (χ1v) is 6.22. The minimum atomic E-state index is 0.516. The van der Waals surface area contributed by atoms with E-state index < -0.39 is 0 Å². The third-order valence-corrected chi connectivity index (χ3v) is 2.44. The first kappa shape index (κ1) is 13.9. The highest BCUT2D eigenvalue weighted by atomic mass is 16.5. The van der Waals surface area contributed by atoms with Crippen LogP contribution >= 0.6 is 0 Å². The Morgan fingerprint density at radius 2 is 2.12 bits per heavy atom. The van der Waals surface area contributed by atoms with Crippen LogP contribution in [0.2, 0.25) is 0 Å². The number of benzene rings is 1. The maximum absolute atomic E-state index is 5.55. The van der Waals surface area contributed by atoms with Crippen LogP contribution in [-0.4, -0.2) is 12.6 Å². The van der Waals surface area contributed by atoms with Crippen LogP contribution < -0.4 is 5.32 Å². The molecule has 1 rings (SSSR count). The molecule has 1 aromatic carbocycles. The zero-order chi connectivity index (χ0) is 12.5. The minimum Gasteiger partial charge on any atom is -0.376 e. The van der Waals surface area contributed by atoms with Crippen molar-refractivity contribution in [2.45, 2.75) is 39.5 Å². The van der Waals surface area contributed by atoms with Crippen molar-refractivity contribution in [1.82, 2.24) is 5.32 Å². The van der Waals surface area contributed by atoms with Crippen LogP contribution in [0.25, 0.3) is 0 Å². The predicted octanol–water partition coefficient (Wildman–Crippen LogP) is 3.28. The summed E-state index contributed by atoms with van der Waals surface area (Å²) in [6.45, 7) is 10.3. The molecule has 0 amide bonds. The van der Waals surface area contributed by atoms with Gasteiger partial charge >= 0.3 is 0 Å². The van der Waals surface area contributed by atoms with Crippen LogP contribution in [0.5, 0.6) is 0 Å². The maximum atomic E-state index is 5.55. The summed E-state index contributed by atoms with van der Waals surface area (Å²) in [5.41, 5.74) is 2.54. The van der Waals surface area contributed by atoms with Crippen molar-refractivity contribution >= 4 is 0 Å². The number of rotatable bonds is 8. The normalized spacial score (nSPS) is 10.8. The Bertz CT molecular complexity index is 333. The van der Waals surface area contributed by atoms with E-state index in [-0.39, 0.29) is 0 Å². The van der Waals surface area contributed by atoms with Gasteiger partial charge in [-0.05, 0) is 17.5 Å². The van der Waals surface area contributed by atoms with Gasteiger partial charge in [-0.25, -0.2) is 0 Å². The molecule has 0 spiro atoms. The lowest BCUT2D eigenvalue weighted by Gasteiger charge is -2.09. The Morgan fingerprint density at radius 1 is 1.35 bits per heavy atom. The van der Waals surface area contributed by atoms with Gasteiger partial charge in [-0.1, -0.05) is 44.2 Å². The highest BCUT2D eigenvalue weighted by Crippen LogP contribution is 2.07. The summed E-state index contributed by atoms with van der Waals surface area (Å²) < 4.78 is 5.55. The van der Waals surface area contributed by atoms with E-state index in [0.717, 1.165) is 19.6 Å². The molecule has 0 aliphatic rings. The fourth-order valence-electron chi connectivity index (χ4n) is 1.51. The number of nitrogens with one attached hydrogen (secondary N) is 1. The van der Waals surface area contributed by atoms with Gasteiger partial charge in [-0.3, -0.25) is 0 Å². The summed E-state index contributed by atoms with van der Waals surface area (Å²) >= 11 is 0. The van der Waals surface area contributed by atoms with Crippen LogP contribution in [0, 0.1) is 0 Å². The standard InChI is InChI=1S/C15H23NO/c1-4-5-9-17-12-15-8-6-7-14(10-15)11-16-13(2)3/h4,6-8,10,13,16H,1,5,9,11-12H2,2-3H3. The van der Waals surface area contributed by atoms with Crippen molar-refractivity contribution in [3.63, 3.8) is 0 Å². The molecule has 0 saturated heterocycles. The Labute approximate surface area is 105 Å². The second-order valence-corrected chi connectivity index (χ2v) is 4.49. The third-order valence-electron chi connectivity index (χ3n) is 2.44. The summed E-state index contributed by atoms with van der Waals surface area (Å²) in [5, 5.41) is 3.41. The molecule has 0 aliphatic carbocycles. The van der Waals surface area contributed by atoms with E-state index in [0.29, 0.717) is 12.6 Å². The third kappa shape index (κ3) is 6.25. The molecule has 0 saturated carbocycles. The van der Waals surface area contributed by atoms with E-state index in [2.05, 4.69) is 50.0 Å². The second-order valence-electron chi connectivity index (χ2n) is 4.49. The summed E-state index contributed by atoms with van der Waals surface area (Å²) in [4.78, 5) is 0. The monoisotopic (exact) mass is 233 g/mol. The van der Waals surface area contributed by atoms with Crippen molar-refractivity contribution in [1.29, 1.82) is 0 Å². The molecule has 17 heavy (non-hydrogen) atoms. The lowest BCUT2D eigenvalue weighted by Crippen LogP contribution is -2.21. The molecule has 0 radical (unpaired) electrons. The summed E-state index contributed by atoms with van der Waals surface area (Å²) in [6.07, 6.45) is 2.79. The lowest BCUT2D eigenvalue weighted by molar-refractivity contribution is 0.125. The van der Waals surface area contributed by atoms with Crippen molar-refractivity contribution in [2.24, 2.45) is 0 Å². The fraction of sp³-hybridized carbons (Fsp3) is 0.467. The van der Waals surface area contributed by atoms with Gasteiger partial charge in [-0.2, -0.15) is 0 Å². The largest absolute Gasteiger partial charge is 0.376 e. The highest BCUT2D eigenvalue weighted by Gasteiger charge is 1.98. The van der Waals surface area contributed by atoms with E-state index in [4.69, 9.17) is 4.74 Å². The molecule has 1 N–H and O–H groups in total. The van der Waals surface area contributed by atoms with Gasteiger partial charge < -0.3 is 10.1 Å². The SMILES string of the molecule is C=CCCOCc1cccc(CNC(C)C)c1. The Hall–Kier alpha value is -1.12. The molecule has 0 heterocycles. The highest BCUT2D eigenvalue weighted by molar-refractivity contribution is 5.22. The van der Waals surface area contributed by atoms with E-state index >= 15 is 0 Å². The van der Waals surface area contributed by atoms with Gasteiger partial charge in [0.05, 0.1) is 13.2 Å². The smallest absolute Gasteiger partial charge is 0.0717 e. The van der Waals surface area contributed by atoms with Gasteiger partial charge in [-0.15, -0.1) is 6.58 Å². The average Bonchev–Trinajstić information content (AvgIpc) is 2.33. The quantitative estimate of drug-likeness (QED) is 0.549. The molecule has 2 nitrogen and oxygen atoms in total. The Kier molecular flexibility index (Phi) is 6.60. The summed E-state index contributed by atoms with van der Waals surface area (Å²) in [5.74, 6) is 0. The van der Waals surface area contributed by atoms with E-state index in [1.54, 1.807) is 0 Å². The molecule has 0 aromatic heterocycles. The van der Waals surface area contributed by atoms with Crippen molar-refractivity contribution < 1.29 is 4.74 Å². The molecule has 2 heteroatoms. The van der Waals surface area contributed by atoms with Crippen LogP contribution in [0.3, 0.4) is 0 Å². The Balaban J connectivity index is 2.39. The number of ether oxygens (including phenoxy) is 1. The molecule has 0 aliphatic heterocycles. The average molecular weight is 233 g/mol. The molecule has 0 fully saturated rings. The van der Waals surface area contributed by atoms with E-state index in [1.165, 1.54) is 11.1 Å². The zero-order valence-electron chi connectivity index (χ0n) is 10.9. The van der Waals surface area contributed by atoms with E-state index in [1.807, 2.05) is 6.08 Å². The predicted molar refractivity (Wildman–Crippen MR) is 72.9 cm³/mol. The van der Waals surface area contributed by atoms with Crippen LogP contribution in [0.4, 0.5) is 0 Å². The topological polar surface area (TPSA) is 21.3 Å².